The van der Waals surface area contributed by atoms with Gasteiger partial charge in [0.25, 0.3) is 0 Å². The van der Waals surface area contributed by atoms with Crippen LogP contribution in [-0.2, 0) is 0 Å². The molecule has 0 saturated heterocycles. The largest absolute Gasteiger partial charge is 0.271 e. The van der Waals surface area contributed by atoms with Crippen molar-refractivity contribution in [3.8, 4) is 0 Å². The van der Waals surface area contributed by atoms with Crippen LogP contribution in [0, 0.1) is 5.82 Å². The lowest BCUT2D eigenvalue weighted by molar-refractivity contribution is 0.605. The third kappa shape index (κ3) is 3.19. The number of hydrogen-bond donors (Lipinski definition) is 2. The van der Waals surface area contributed by atoms with Gasteiger partial charge in [-0.15, -0.1) is 0 Å². The van der Waals surface area contributed by atoms with E-state index < -0.39 is 11.9 Å². The lowest BCUT2D eigenvalue weighted by Gasteiger charge is -2.19. The maximum Gasteiger partial charge on any atom is 0.123 e. The van der Waals surface area contributed by atoms with Crippen molar-refractivity contribution >= 4 is 34.8 Å². The first-order valence-electron chi connectivity index (χ1n) is 5.39. The van der Waals surface area contributed by atoms with Gasteiger partial charge >= 0.3 is 0 Å². The molecule has 0 aliphatic carbocycles. The highest BCUT2D eigenvalue weighted by Gasteiger charge is 2.19. The van der Waals surface area contributed by atoms with Gasteiger partial charge in [0.2, 0.25) is 0 Å². The molecule has 1 atom stereocenters. The van der Waals surface area contributed by atoms with Crippen LogP contribution in [0.2, 0.25) is 15.1 Å². The number of halogens is 4. The fourth-order valence-corrected chi connectivity index (χ4v) is 2.56. The van der Waals surface area contributed by atoms with Crippen LogP contribution in [0.15, 0.2) is 36.4 Å². The van der Waals surface area contributed by atoms with Crippen molar-refractivity contribution < 1.29 is 4.39 Å². The first kappa shape index (κ1) is 14.6. The minimum atomic E-state index is -0.520. The van der Waals surface area contributed by atoms with E-state index in [0.29, 0.717) is 26.2 Å². The minimum absolute atomic E-state index is 0.398. The van der Waals surface area contributed by atoms with E-state index in [1.807, 2.05) is 0 Å². The van der Waals surface area contributed by atoms with E-state index in [2.05, 4.69) is 5.43 Å². The average molecular weight is 320 g/mol. The maximum absolute atomic E-state index is 13.3. The van der Waals surface area contributed by atoms with Gasteiger partial charge in [-0.3, -0.25) is 5.84 Å². The second-order valence-corrected chi connectivity index (χ2v) is 5.18. The fraction of sp³-hybridized carbons (Fsp3) is 0.0769. The molecule has 2 aromatic rings. The molecular formula is C13H10Cl3FN2. The van der Waals surface area contributed by atoms with Gasteiger partial charge in [0, 0.05) is 15.1 Å². The molecule has 0 aliphatic heterocycles. The van der Waals surface area contributed by atoms with E-state index in [-0.39, 0.29) is 0 Å². The Balaban J connectivity index is 2.52. The zero-order chi connectivity index (χ0) is 14.0. The van der Waals surface area contributed by atoms with E-state index in [1.165, 1.54) is 18.2 Å². The molecule has 100 valence electrons. The molecule has 3 N–H and O–H groups in total. The normalized spacial score (nSPS) is 12.5. The van der Waals surface area contributed by atoms with E-state index in [4.69, 9.17) is 40.6 Å². The van der Waals surface area contributed by atoms with Crippen LogP contribution in [0.5, 0.6) is 0 Å². The Labute approximate surface area is 125 Å². The summed E-state index contributed by atoms with van der Waals surface area (Å²) >= 11 is 18.0. The monoisotopic (exact) mass is 318 g/mol. The van der Waals surface area contributed by atoms with Crippen molar-refractivity contribution in [2.24, 2.45) is 5.84 Å². The van der Waals surface area contributed by atoms with Crippen LogP contribution in [-0.4, -0.2) is 0 Å². The third-order valence-corrected chi connectivity index (χ3v) is 3.62. The summed E-state index contributed by atoms with van der Waals surface area (Å²) in [7, 11) is 0. The highest BCUT2D eigenvalue weighted by atomic mass is 35.5. The van der Waals surface area contributed by atoms with Crippen LogP contribution < -0.4 is 11.3 Å². The molecule has 0 spiro atoms. The predicted octanol–water partition coefficient (Wildman–Crippen LogP) is 4.34. The number of hydrogen-bond acceptors (Lipinski definition) is 2. The molecule has 2 rings (SSSR count). The van der Waals surface area contributed by atoms with Gasteiger partial charge in [-0.2, -0.15) is 0 Å². The van der Waals surface area contributed by atoms with Crippen molar-refractivity contribution in [2.75, 3.05) is 0 Å². The van der Waals surface area contributed by atoms with Gasteiger partial charge in [0.1, 0.15) is 5.82 Å². The van der Waals surface area contributed by atoms with E-state index >= 15 is 0 Å². The van der Waals surface area contributed by atoms with Crippen molar-refractivity contribution in [2.45, 2.75) is 6.04 Å². The Morgan fingerprint density at radius 2 is 1.68 bits per heavy atom. The second kappa shape index (κ2) is 6.07. The van der Waals surface area contributed by atoms with E-state index in [1.54, 1.807) is 18.2 Å². The summed E-state index contributed by atoms with van der Waals surface area (Å²) in [5, 5.41) is 1.33. The Morgan fingerprint density at radius 3 is 2.32 bits per heavy atom. The number of rotatable bonds is 3. The number of hydrazine groups is 1. The molecule has 2 aromatic carbocycles. The Bertz CT molecular complexity index is 604. The van der Waals surface area contributed by atoms with Crippen LogP contribution in [0.1, 0.15) is 17.2 Å². The van der Waals surface area contributed by atoms with Crippen molar-refractivity contribution in [1.29, 1.82) is 0 Å². The molecule has 0 amide bonds. The summed E-state index contributed by atoms with van der Waals surface area (Å²) in [4.78, 5) is 0. The topological polar surface area (TPSA) is 38.0 Å². The molecule has 1 unspecified atom stereocenters. The second-order valence-electron chi connectivity index (χ2n) is 3.93. The lowest BCUT2D eigenvalue weighted by Crippen LogP contribution is -2.29. The summed E-state index contributed by atoms with van der Waals surface area (Å²) in [6.07, 6.45) is 0. The standard InChI is InChI=1S/C13H10Cl3FN2/c14-7-1-3-9(12(16)5-7)13(19-18)10-6-8(17)2-4-11(10)15/h1-6,13,19H,18H2. The predicted molar refractivity (Wildman–Crippen MR) is 77.0 cm³/mol. The lowest BCUT2D eigenvalue weighted by atomic mass is 9.99. The van der Waals surface area contributed by atoms with Crippen LogP contribution >= 0.6 is 34.8 Å². The summed E-state index contributed by atoms with van der Waals surface area (Å²) in [5.74, 6) is 5.14. The molecule has 19 heavy (non-hydrogen) atoms. The van der Waals surface area contributed by atoms with Crippen molar-refractivity contribution in [3.05, 3.63) is 68.4 Å². The minimum Gasteiger partial charge on any atom is -0.271 e. The van der Waals surface area contributed by atoms with Gasteiger partial charge in [0.15, 0.2) is 0 Å². The van der Waals surface area contributed by atoms with Crippen LogP contribution in [0.4, 0.5) is 4.39 Å². The Kier molecular flexibility index (Phi) is 4.66. The van der Waals surface area contributed by atoms with E-state index in [9.17, 15) is 4.39 Å². The number of benzene rings is 2. The van der Waals surface area contributed by atoms with Crippen LogP contribution in [0.3, 0.4) is 0 Å². The molecule has 0 bridgehead atoms. The maximum atomic E-state index is 13.3. The summed E-state index contributed by atoms with van der Waals surface area (Å²) in [6, 6.07) is 8.54. The van der Waals surface area contributed by atoms with Gasteiger partial charge in [0.05, 0.1) is 6.04 Å². The zero-order valence-corrected chi connectivity index (χ0v) is 11.9. The van der Waals surface area contributed by atoms with Gasteiger partial charge in [-0.05, 0) is 41.5 Å². The SMILES string of the molecule is NNC(c1ccc(Cl)cc1Cl)c1cc(F)ccc1Cl. The molecule has 0 aliphatic rings. The quantitative estimate of drug-likeness (QED) is 0.652. The fourth-order valence-electron chi connectivity index (χ4n) is 1.82. The Hall–Kier alpha value is -0.840. The molecule has 0 saturated carbocycles. The highest BCUT2D eigenvalue weighted by molar-refractivity contribution is 6.35. The van der Waals surface area contributed by atoms with Crippen molar-refractivity contribution in [1.82, 2.24) is 5.43 Å². The third-order valence-electron chi connectivity index (χ3n) is 2.71. The molecule has 2 nitrogen and oxygen atoms in total. The summed E-state index contributed by atoms with van der Waals surface area (Å²) in [6.45, 7) is 0. The molecule has 0 heterocycles. The molecule has 0 fully saturated rings. The van der Waals surface area contributed by atoms with Gasteiger partial charge < -0.3 is 0 Å². The van der Waals surface area contributed by atoms with Gasteiger partial charge in [-0.1, -0.05) is 40.9 Å². The Morgan fingerprint density at radius 1 is 0.947 bits per heavy atom. The molecular weight excluding hydrogens is 310 g/mol. The van der Waals surface area contributed by atoms with E-state index in [0.717, 1.165) is 0 Å². The average Bonchev–Trinajstić information content (AvgIpc) is 2.36. The molecule has 0 radical (unpaired) electrons. The first-order chi connectivity index (χ1) is 9.02. The first-order valence-corrected chi connectivity index (χ1v) is 6.52. The number of nitrogens with one attached hydrogen (secondary N) is 1. The summed E-state index contributed by atoms with van der Waals surface area (Å²) in [5.41, 5.74) is 3.76. The summed E-state index contributed by atoms with van der Waals surface area (Å²) < 4.78 is 13.3. The zero-order valence-electron chi connectivity index (χ0n) is 9.63. The molecule has 0 aromatic heterocycles. The smallest absolute Gasteiger partial charge is 0.123 e. The highest BCUT2D eigenvalue weighted by Crippen LogP contribution is 2.33. The van der Waals surface area contributed by atoms with Crippen molar-refractivity contribution in [3.63, 3.8) is 0 Å². The van der Waals surface area contributed by atoms with Gasteiger partial charge in [-0.25, -0.2) is 9.82 Å². The number of nitrogens with two attached hydrogens (primary N) is 1. The molecule has 6 heteroatoms. The van der Waals surface area contributed by atoms with Crippen LogP contribution in [0.25, 0.3) is 0 Å².